The zero-order chi connectivity index (χ0) is 32.2. The van der Waals surface area contributed by atoms with E-state index in [0.29, 0.717) is 32.2 Å². The molecule has 0 saturated carbocycles. The summed E-state index contributed by atoms with van der Waals surface area (Å²) in [5.41, 5.74) is 32.5. The van der Waals surface area contributed by atoms with Gasteiger partial charge in [0.25, 0.3) is 0 Å². The van der Waals surface area contributed by atoms with Crippen LogP contribution >= 0.6 is 0 Å². The van der Waals surface area contributed by atoms with Crippen molar-refractivity contribution in [3.63, 3.8) is 0 Å². The molecule has 0 heterocycles. The van der Waals surface area contributed by atoms with E-state index in [4.69, 9.17) is 34.4 Å². The van der Waals surface area contributed by atoms with Crippen LogP contribution in [0, 0.1) is 0 Å². The first-order valence-electron chi connectivity index (χ1n) is 13.7. The number of aliphatic carboxylic acids is 1. The monoisotopic (exact) mass is 600 g/mol. The molecule has 0 fully saturated rings. The van der Waals surface area contributed by atoms with E-state index >= 15 is 0 Å². The summed E-state index contributed by atoms with van der Waals surface area (Å²) in [5, 5.41) is 19.3. The number of carboxylic acids is 1. The number of guanidine groups is 2. The van der Waals surface area contributed by atoms with Gasteiger partial charge in [-0.25, -0.2) is 4.79 Å². The van der Waals surface area contributed by atoms with Crippen LogP contribution in [0.4, 0.5) is 0 Å². The molecule has 42 heavy (non-hydrogen) atoms. The minimum atomic E-state index is -1.27. The average molecular weight is 601 g/mol. The molecule has 0 aromatic rings. The summed E-state index contributed by atoms with van der Waals surface area (Å²) in [5.74, 6) is -4.22. The number of carboxylic acid groups (broad SMARTS) is 1. The quantitative estimate of drug-likeness (QED) is 0.0338. The number of nitrogens with one attached hydrogen (secondary N) is 4. The zero-order valence-electron chi connectivity index (χ0n) is 24.3. The molecule has 0 radical (unpaired) electrons. The first-order chi connectivity index (χ1) is 19.7. The number of amides is 4. The van der Waals surface area contributed by atoms with Gasteiger partial charge in [-0.15, -0.1) is 0 Å². The van der Waals surface area contributed by atoms with Gasteiger partial charge in [0, 0.05) is 13.1 Å². The highest BCUT2D eigenvalue weighted by Gasteiger charge is 2.28. The maximum atomic E-state index is 13.1. The predicted octanol–water partition coefficient (Wildman–Crippen LogP) is -4.39. The molecule has 0 aliphatic rings. The van der Waals surface area contributed by atoms with Crippen molar-refractivity contribution in [1.29, 1.82) is 0 Å². The Kier molecular flexibility index (Phi) is 18.6. The standard InChI is InChI=1S/C24H48N12O6/c1-13(33-20(39)15(26)7-3-4-10-25)18(37)35-16(8-5-11-31-23(27)28)21(40)34-14(2)19(38)36-17(22(41)42)9-6-12-32-24(29)30/h13-17H,3-12,25-26H2,1-2H3,(H,33,39)(H,34,40)(H,35,37)(H,36,38)(H,41,42)(H4,27,28,31)(H4,29,30,32)/t13-,14-,15-,16-,17-/m0/s1. The molecule has 240 valence electrons. The summed E-state index contributed by atoms with van der Waals surface area (Å²) in [6, 6.07) is -5.38. The number of hydrogen-bond donors (Lipinski definition) is 11. The van der Waals surface area contributed by atoms with E-state index in [9.17, 15) is 29.1 Å². The molecule has 0 spiro atoms. The van der Waals surface area contributed by atoms with Crippen molar-refractivity contribution in [2.45, 2.75) is 89.0 Å². The molecule has 17 N–H and O–H groups in total. The lowest BCUT2D eigenvalue weighted by Crippen LogP contribution is -2.57. The van der Waals surface area contributed by atoms with Gasteiger partial charge in [0.1, 0.15) is 24.2 Å². The van der Waals surface area contributed by atoms with Crippen LogP contribution in [0.1, 0.15) is 58.8 Å². The normalized spacial score (nSPS) is 14.2. The lowest BCUT2D eigenvalue weighted by molar-refractivity contribution is -0.142. The van der Waals surface area contributed by atoms with Gasteiger partial charge in [-0.2, -0.15) is 0 Å². The number of carbonyl (C=O) groups excluding carboxylic acids is 4. The van der Waals surface area contributed by atoms with Crippen molar-refractivity contribution < 1.29 is 29.1 Å². The molecule has 5 atom stereocenters. The molecule has 4 amide bonds. The highest BCUT2D eigenvalue weighted by atomic mass is 16.4. The van der Waals surface area contributed by atoms with Crippen molar-refractivity contribution in [3.8, 4) is 0 Å². The SMILES string of the molecule is C[C@H](NC(=O)[C@H](CCCN=C(N)N)NC(=O)[C@H](C)NC(=O)[C@@H](N)CCCCN)C(=O)N[C@@H](CCCN=C(N)N)C(=O)O. The molecule has 0 bridgehead atoms. The van der Waals surface area contributed by atoms with E-state index in [2.05, 4.69) is 31.3 Å². The van der Waals surface area contributed by atoms with Gasteiger partial charge in [0.2, 0.25) is 23.6 Å². The number of nitrogens with zero attached hydrogens (tertiary/aromatic N) is 2. The van der Waals surface area contributed by atoms with Crippen molar-refractivity contribution in [1.82, 2.24) is 21.3 Å². The van der Waals surface area contributed by atoms with E-state index in [1.807, 2.05) is 0 Å². The van der Waals surface area contributed by atoms with Gasteiger partial charge in [-0.1, -0.05) is 6.42 Å². The molecule has 0 saturated heterocycles. The summed E-state index contributed by atoms with van der Waals surface area (Å²) in [6.07, 6.45) is 2.47. The first-order valence-corrected chi connectivity index (χ1v) is 13.7. The van der Waals surface area contributed by atoms with Crippen LogP contribution < -0.4 is 55.7 Å². The Morgan fingerprint density at radius 3 is 1.55 bits per heavy atom. The van der Waals surface area contributed by atoms with Crippen LogP contribution in [-0.2, 0) is 24.0 Å². The van der Waals surface area contributed by atoms with Crippen LogP contribution in [0.5, 0.6) is 0 Å². The fourth-order valence-corrected chi connectivity index (χ4v) is 3.53. The average Bonchev–Trinajstić information content (AvgIpc) is 2.91. The van der Waals surface area contributed by atoms with Crippen LogP contribution in [0.2, 0.25) is 0 Å². The third-order valence-electron chi connectivity index (χ3n) is 5.95. The first kappa shape index (κ1) is 37.8. The number of nitrogens with two attached hydrogens (primary N) is 6. The van der Waals surface area contributed by atoms with E-state index in [-0.39, 0.29) is 44.3 Å². The van der Waals surface area contributed by atoms with Gasteiger partial charge in [0.05, 0.1) is 6.04 Å². The highest BCUT2D eigenvalue weighted by molar-refractivity contribution is 5.95. The van der Waals surface area contributed by atoms with Crippen LogP contribution in [0.25, 0.3) is 0 Å². The van der Waals surface area contributed by atoms with Crippen LogP contribution in [-0.4, -0.2) is 96.5 Å². The number of unbranched alkanes of at least 4 members (excludes halogenated alkanes) is 1. The van der Waals surface area contributed by atoms with Crippen molar-refractivity contribution in [2.75, 3.05) is 19.6 Å². The Bertz CT molecular complexity index is 952. The number of hydrogen-bond acceptors (Lipinski definition) is 9. The molecule has 0 aliphatic heterocycles. The summed E-state index contributed by atoms with van der Waals surface area (Å²) in [7, 11) is 0. The van der Waals surface area contributed by atoms with E-state index < -0.39 is 59.8 Å². The minimum Gasteiger partial charge on any atom is -0.480 e. The lowest BCUT2D eigenvalue weighted by Gasteiger charge is -2.24. The fourth-order valence-electron chi connectivity index (χ4n) is 3.53. The van der Waals surface area contributed by atoms with Gasteiger partial charge >= 0.3 is 5.97 Å². The molecule has 18 nitrogen and oxygen atoms in total. The van der Waals surface area contributed by atoms with E-state index in [1.165, 1.54) is 13.8 Å². The fraction of sp³-hybridized carbons (Fsp3) is 0.708. The second-order valence-corrected chi connectivity index (χ2v) is 9.71. The van der Waals surface area contributed by atoms with Crippen molar-refractivity contribution in [2.24, 2.45) is 44.4 Å². The molecule has 0 rings (SSSR count). The van der Waals surface area contributed by atoms with Gasteiger partial charge in [0.15, 0.2) is 11.9 Å². The van der Waals surface area contributed by atoms with Gasteiger partial charge < -0.3 is 60.8 Å². The molecule has 0 unspecified atom stereocenters. The number of aliphatic imine (C=N–C) groups is 2. The second-order valence-electron chi connectivity index (χ2n) is 9.71. The predicted molar refractivity (Wildman–Crippen MR) is 157 cm³/mol. The Labute approximate surface area is 245 Å². The molecular weight excluding hydrogens is 552 g/mol. The summed E-state index contributed by atoms with van der Waals surface area (Å²) in [6.45, 7) is 3.61. The van der Waals surface area contributed by atoms with Gasteiger partial charge in [-0.05, 0) is 58.9 Å². The van der Waals surface area contributed by atoms with Crippen molar-refractivity contribution in [3.05, 3.63) is 0 Å². The Morgan fingerprint density at radius 1 is 0.643 bits per heavy atom. The largest absolute Gasteiger partial charge is 0.480 e. The van der Waals surface area contributed by atoms with Crippen LogP contribution in [0.3, 0.4) is 0 Å². The minimum absolute atomic E-state index is 0.0439. The third kappa shape index (κ3) is 16.8. The molecular formula is C24H48N12O6. The van der Waals surface area contributed by atoms with Crippen molar-refractivity contribution >= 4 is 41.5 Å². The second kappa shape index (κ2) is 20.7. The molecule has 0 aromatic carbocycles. The Hall–Kier alpha value is -4.19. The zero-order valence-corrected chi connectivity index (χ0v) is 24.3. The van der Waals surface area contributed by atoms with Crippen LogP contribution in [0.15, 0.2) is 9.98 Å². The number of carbonyl (C=O) groups is 5. The molecule has 18 heteroatoms. The Morgan fingerprint density at radius 2 is 1.10 bits per heavy atom. The molecule has 0 aliphatic carbocycles. The Balaban J connectivity index is 5.29. The summed E-state index contributed by atoms with van der Waals surface area (Å²) in [4.78, 5) is 70.1. The number of rotatable bonds is 21. The van der Waals surface area contributed by atoms with E-state index in [1.54, 1.807) is 0 Å². The van der Waals surface area contributed by atoms with Gasteiger partial charge in [-0.3, -0.25) is 29.2 Å². The third-order valence-corrected chi connectivity index (χ3v) is 5.95. The summed E-state index contributed by atoms with van der Waals surface area (Å²) >= 11 is 0. The summed E-state index contributed by atoms with van der Waals surface area (Å²) < 4.78 is 0. The maximum absolute atomic E-state index is 13.1. The lowest BCUT2D eigenvalue weighted by atomic mass is 10.1. The highest BCUT2D eigenvalue weighted by Crippen LogP contribution is 2.04. The molecule has 0 aromatic heterocycles. The van der Waals surface area contributed by atoms with E-state index in [0.717, 1.165) is 0 Å². The maximum Gasteiger partial charge on any atom is 0.326 e. The topological polar surface area (TPSA) is 335 Å². The smallest absolute Gasteiger partial charge is 0.326 e.